The van der Waals surface area contributed by atoms with Crippen LogP contribution in [0.25, 0.3) is 10.9 Å². The van der Waals surface area contributed by atoms with Crippen molar-refractivity contribution in [3.63, 3.8) is 0 Å². The molecule has 0 saturated heterocycles. The summed E-state index contributed by atoms with van der Waals surface area (Å²) in [4.78, 5) is 6.87. The van der Waals surface area contributed by atoms with Crippen LogP contribution in [0.2, 0.25) is 5.02 Å². The van der Waals surface area contributed by atoms with Gasteiger partial charge in [0.05, 0.1) is 5.52 Å². The second-order valence-corrected chi connectivity index (χ2v) is 6.76. The molecule has 3 nitrogen and oxygen atoms in total. The number of hydrogen-bond donors (Lipinski definition) is 1. The van der Waals surface area contributed by atoms with Gasteiger partial charge in [-0.1, -0.05) is 24.6 Å². The molecule has 0 aliphatic heterocycles. The smallest absolute Gasteiger partial charge is 0.0720 e. The van der Waals surface area contributed by atoms with Crippen molar-refractivity contribution in [3.8, 4) is 0 Å². The van der Waals surface area contributed by atoms with Crippen molar-refractivity contribution in [2.45, 2.75) is 38.8 Å². The number of hydrogen-bond acceptors (Lipinski definition) is 3. The van der Waals surface area contributed by atoms with Crippen LogP contribution in [0.5, 0.6) is 0 Å². The molecule has 5 heteroatoms. The summed E-state index contributed by atoms with van der Waals surface area (Å²) >= 11 is 12.1. The van der Waals surface area contributed by atoms with Gasteiger partial charge >= 0.3 is 0 Å². The number of pyridine rings is 1. The summed E-state index contributed by atoms with van der Waals surface area (Å²) in [5, 5.41) is 1.86. The highest BCUT2D eigenvalue weighted by molar-refractivity contribution is 6.31. The Morgan fingerprint density at radius 1 is 1.26 bits per heavy atom. The maximum Gasteiger partial charge on any atom is 0.0720 e. The molecule has 0 radical (unpaired) electrons. The van der Waals surface area contributed by atoms with Gasteiger partial charge in [0.15, 0.2) is 0 Å². The van der Waals surface area contributed by atoms with Gasteiger partial charge in [-0.15, -0.1) is 11.6 Å². The van der Waals surface area contributed by atoms with Crippen LogP contribution in [-0.2, 0) is 0 Å². The van der Waals surface area contributed by atoms with Gasteiger partial charge in [0, 0.05) is 41.1 Å². The SMILES string of the molecule is CCN(CCCl)C(CCC(C)N)c1ccnc2cc(Cl)ccc12. The molecule has 126 valence electrons. The van der Waals surface area contributed by atoms with Crippen molar-refractivity contribution in [1.82, 2.24) is 9.88 Å². The van der Waals surface area contributed by atoms with E-state index in [1.165, 1.54) is 5.56 Å². The van der Waals surface area contributed by atoms with E-state index in [9.17, 15) is 0 Å². The summed E-state index contributed by atoms with van der Waals surface area (Å²) in [7, 11) is 0. The molecule has 23 heavy (non-hydrogen) atoms. The summed E-state index contributed by atoms with van der Waals surface area (Å²) in [6.07, 6.45) is 3.84. The topological polar surface area (TPSA) is 42.1 Å². The van der Waals surface area contributed by atoms with Gasteiger partial charge in [-0.05, 0) is 50.1 Å². The number of nitrogens with zero attached hydrogens (tertiary/aromatic N) is 2. The number of fused-ring (bicyclic) bond motifs is 1. The summed E-state index contributed by atoms with van der Waals surface area (Å²) in [5.41, 5.74) is 8.20. The Labute approximate surface area is 148 Å². The molecule has 0 fully saturated rings. The van der Waals surface area contributed by atoms with Crippen molar-refractivity contribution in [2.75, 3.05) is 19.0 Å². The van der Waals surface area contributed by atoms with E-state index in [0.29, 0.717) is 10.9 Å². The Balaban J connectivity index is 2.44. The fraction of sp³-hybridized carbons (Fsp3) is 0.500. The highest BCUT2D eigenvalue weighted by Crippen LogP contribution is 2.32. The van der Waals surface area contributed by atoms with Crippen LogP contribution >= 0.6 is 23.2 Å². The minimum absolute atomic E-state index is 0.190. The van der Waals surface area contributed by atoms with Crippen molar-refractivity contribution in [1.29, 1.82) is 0 Å². The van der Waals surface area contributed by atoms with Crippen LogP contribution in [0, 0.1) is 0 Å². The lowest BCUT2D eigenvalue weighted by Gasteiger charge is -2.32. The zero-order valence-corrected chi connectivity index (χ0v) is 15.3. The average Bonchev–Trinajstić information content (AvgIpc) is 2.53. The lowest BCUT2D eigenvalue weighted by molar-refractivity contribution is 0.205. The molecule has 0 amide bonds. The molecule has 2 unspecified atom stereocenters. The molecule has 0 aliphatic rings. The predicted octanol–water partition coefficient (Wildman–Crippen LogP) is 4.62. The Morgan fingerprint density at radius 2 is 2.04 bits per heavy atom. The largest absolute Gasteiger partial charge is 0.328 e. The van der Waals surface area contributed by atoms with Crippen LogP contribution in [0.4, 0.5) is 0 Å². The van der Waals surface area contributed by atoms with Gasteiger partial charge in [0.1, 0.15) is 0 Å². The second-order valence-electron chi connectivity index (χ2n) is 5.95. The van der Waals surface area contributed by atoms with E-state index >= 15 is 0 Å². The quantitative estimate of drug-likeness (QED) is 0.704. The fourth-order valence-corrected chi connectivity index (χ4v) is 3.42. The van der Waals surface area contributed by atoms with Gasteiger partial charge < -0.3 is 5.73 Å². The van der Waals surface area contributed by atoms with Crippen molar-refractivity contribution < 1.29 is 0 Å². The Bertz CT molecular complexity index is 631. The third-order valence-corrected chi connectivity index (χ3v) is 4.62. The maximum absolute atomic E-state index is 6.11. The molecule has 0 aliphatic carbocycles. The first-order valence-electron chi connectivity index (χ1n) is 8.16. The van der Waals surface area contributed by atoms with E-state index < -0.39 is 0 Å². The number of halogens is 2. The lowest BCUT2D eigenvalue weighted by Crippen LogP contribution is -2.32. The van der Waals surface area contributed by atoms with Gasteiger partial charge in [-0.3, -0.25) is 9.88 Å². The third-order valence-electron chi connectivity index (χ3n) is 4.21. The Kier molecular flexibility index (Phi) is 7.09. The number of benzene rings is 1. The summed E-state index contributed by atoms with van der Waals surface area (Å²) in [5.74, 6) is 0.622. The van der Waals surface area contributed by atoms with Crippen molar-refractivity contribution in [2.24, 2.45) is 5.73 Å². The van der Waals surface area contributed by atoms with E-state index in [0.717, 1.165) is 36.8 Å². The number of alkyl halides is 1. The minimum Gasteiger partial charge on any atom is -0.328 e. The lowest BCUT2D eigenvalue weighted by atomic mass is 9.95. The van der Waals surface area contributed by atoms with Gasteiger partial charge in [-0.25, -0.2) is 0 Å². The summed E-state index contributed by atoms with van der Waals surface area (Å²) in [6.45, 7) is 6.04. The number of rotatable bonds is 8. The van der Waals surface area contributed by atoms with Crippen LogP contribution in [0.1, 0.15) is 38.3 Å². The zero-order valence-electron chi connectivity index (χ0n) is 13.8. The molecular weight excluding hydrogens is 329 g/mol. The molecule has 0 spiro atoms. The van der Waals surface area contributed by atoms with E-state index in [1.54, 1.807) is 0 Å². The van der Waals surface area contributed by atoms with Gasteiger partial charge in [0.2, 0.25) is 0 Å². The highest BCUT2D eigenvalue weighted by Gasteiger charge is 2.21. The van der Waals surface area contributed by atoms with Crippen LogP contribution < -0.4 is 5.73 Å². The molecule has 0 saturated carbocycles. The Hall–Kier alpha value is -0.870. The molecule has 2 N–H and O–H groups in total. The van der Waals surface area contributed by atoms with Crippen LogP contribution in [0.15, 0.2) is 30.5 Å². The fourth-order valence-electron chi connectivity index (χ4n) is 3.03. The van der Waals surface area contributed by atoms with Crippen LogP contribution in [-0.4, -0.2) is 34.9 Å². The van der Waals surface area contributed by atoms with Crippen LogP contribution in [0.3, 0.4) is 0 Å². The maximum atomic E-state index is 6.11. The predicted molar refractivity (Wildman–Crippen MR) is 100 cm³/mol. The molecule has 2 rings (SSSR count). The minimum atomic E-state index is 0.190. The van der Waals surface area contributed by atoms with E-state index in [-0.39, 0.29) is 12.1 Å². The molecule has 2 atom stereocenters. The molecule has 1 aromatic heterocycles. The van der Waals surface area contributed by atoms with E-state index in [2.05, 4.69) is 35.9 Å². The normalized spacial score (nSPS) is 14.3. The molecule has 0 bridgehead atoms. The standard InChI is InChI=1S/C18H25Cl2N3/c1-3-23(11-9-19)18(7-4-13(2)21)16-8-10-22-17-12-14(20)5-6-15(16)17/h5-6,8,10,12-13,18H,3-4,7,9,11,21H2,1-2H3. The Morgan fingerprint density at radius 3 is 2.70 bits per heavy atom. The van der Waals surface area contributed by atoms with Crippen molar-refractivity contribution >= 4 is 34.1 Å². The first-order valence-corrected chi connectivity index (χ1v) is 9.07. The second kappa shape index (κ2) is 8.84. The third kappa shape index (κ3) is 4.80. The highest BCUT2D eigenvalue weighted by atomic mass is 35.5. The summed E-state index contributed by atoms with van der Waals surface area (Å²) in [6, 6.07) is 8.49. The average molecular weight is 354 g/mol. The first kappa shape index (κ1) is 18.5. The number of nitrogens with two attached hydrogens (primary N) is 1. The molecular formula is C18H25Cl2N3. The monoisotopic (exact) mass is 353 g/mol. The van der Waals surface area contributed by atoms with Crippen molar-refractivity contribution in [3.05, 3.63) is 41.0 Å². The first-order chi connectivity index (χ1) is 11.1. The molecule has 1 aromatic carbocycles. The van der Waals surface area contributed by atoms with E-state index in [4.69, 9.17) is 28.9 Å². The molecule has 2 aromatic rings. The van der Waals surface area contributed by atoms with Gasteiger partial charge in [0.25, 0.3) is 0 Å². The molecule has 1 heterocycles. The summed E-state index contributed by atoms with van der Waals surface area (Å²) < 4.78 is 0. The van der Waals surface area contributed by atoms with Gasteiger partial charge in [-0.2, -0.15) is 0 Å². The number of aromatic nitrogens is 1. The van der Waals surface area contributed by atoms with E-state index in [1.807, 2.05) is 18.3 Å². The zero-order chi connectivity index (χ0) is 16.8.